The first-order valence-corrected chi connectivity index (χ1v) is 7.35. The Labute approximate surface area is 119 Å². The van der Waals surface area contributed by atoms with Crippen LogP contribution in [0.1, 0.15) is 19.4 Å². The zero-order valence-electron chi connectivity index (χ0n) is 11.6. The van der Waals surface area contributed by atoms with E-state index in [4.69, 9.17) is 4.74 Å². The maximum absolute atomic E-state index is 5.32. The Morgan fingerprint density at radius 3 is 2.56 bits per heavy atom. The molecule has 0 amide bonds. The van der Waals surface area contributed by atoms with Gasteiger partial charge in [-0.3, -0.25) is 0 Å². The SMILES string of the molecule is COCC(CNCC(C)C)Cc1ccccc1Br. The first-order chi connectivity index (χ1) is 8.63. The molecule has 1 aromatic rings. The number of halogens is 1. The van der Waals surface area contributed by atoms with Crippen molar-refractivity contribution in [2.24, 2.45) is 11.8 Å². The lowest BCUT2D eigenvalue weighted by Gasteiger charge is -2.18. The number of nitrogens with one attached hydrogen (secondary N) is 1. The van der Waals surface area contributed by atoms with Crippen LogP contribution in [0.15, 0.2) is 28.7 Å². The van der Waals surface area contributed by atoms with E-state index in [9.17, 15) is 0 Å². The summed E-state index contributed by atoms with van der Waals surface area (Å²) in [5.41, 5.74) is 1.35. The van der Waals surface area contributed by atoms with Gasteiger partial charge in [0.05, 0.1) is 6.61 Å². The second kappa shape index (κ2) is 8.68. The van der Waals surface area contributed by atoms with Gasteiger partial charge in [0.15, 0.2) is 0 Å². The van der Waals surface area contributed by atoms with E-state index in [1.54, 1.807) is 7.11 Å². The van der Waals surface area contributed by atoms with Gasteiger partial charge in [0.1, 0.15) is 0 Å². The van der Waals surface area contributed by atoms with Gasteiger partial charge in [-0.1, -0.05) is 48.0 Å². The average Bonchev–Trinajstić information content (AvgIpc) is 2.32. The maximum Gasteiger partial charge on any atom is 0.0505 e. The van der Waals surface area contributed by atoms with Gasteiger partial charge in [-0.05, 0) is 36.4 Å². The van der Waals surface area contributed by atoms with Gasteiger partial charge < -0.3 is 10.1 Å². The fraction of sp³-hybridized carbons (Fsp3) is 0.600. The Morgan fingerprint density at radius 1 is 1.22 bits per heavy atom. The van der Waals surface area contributed by atoms with Crippen molar-refractivity contribution < 1.29 is 4.74 Å². The first kappa shape index (κ1) is 15.7. The van der Waals surface area contributed by atoms with E-state index in [-0.39, 0.29) is 0 Å². The molecule has 0 saturated carbocycles. The highest BCUT2D eigenvalue weighted by molar-refractivity contribution is 9.10. The number of hydrogen-bond donors (Lipinski definition) is 1. The molecule has 0 aliphatic carbocycles. The van der Waals surface area contributed by atoms with Gasteiger partial charge in [0, 0.05) is 18.1 Å². The van der Waals surface area contributed by atoms with Crippen LogP contribution in [0.3, 0.4) is 0 Å². The van der Waals surface area contributed by atoms with Crippen LogP contribution >= 0.6 is 15.9 Å². The zero-order valence-corrected chi connectivity index (χ0v) is 13.2. The largest absolute Gasteiger partial charge is 0.384 e. The summed E-state index contributed by atoms with van der Waals surface area (Å²) in [4.78, 5) is 0. The number of rotatable bonds is 8. The Bertz CT molecular complexity index is 341. The summed E-state index contributed by atoms with van der Waals surface area (Å²) < 4.78 is 6.51. The second-order valence-electron chi connectivity index (χ2n) is 5.17. The fourth-order valence-corrected chi connectivity index (χ4v) is 2.42. The molecule has 3 heteroatoms. The van der Waals surface area contributed by atoms with Crippen molar-refractivity contribution in [2.75, 3.05) is 26.8 Å². The monoisotopic (exact) mass is 313 g/mol. The van der Waals surface area contributed by atoms with Crippen LogP contribution < -0.4 is 5.32 Å². The molecule has 0 spiro atoms. The maximum atomic E-state index is 5.32. The summed E-state index contributed by atoms with van der Waals surface area (Å²) in [6.45, 7) is 7.33. The molecule has 1 N–H and O–H groups in total. The van der Waals surface area contributed by atoms with Crippen LogP contribution in [-0.4, -0.2) is 26.8 Å². The molecule has 0 aliphatic rings. The topological polar surface area (TPSA) is 21.3 Å². The predicted molar refractivity (Wildman–Crippen MR) is 80.9 cm³/mol. The third-order valence-corrected chi connectivity index (χ3v) is 3.63. The summed E-state index contributed by atoms with van der Waals surface area (Å²) in [5, 5.41) is 3.51. The van der Waals surface area contributed by atoms with Crippen LogP contribution in [0, 0.1) is 11.8 Å². The van der Waals surface area contributed by atoms with Gasteiger partial charge in [0.2, 0.25) is 0 Å². The summed E-state index contributed by atoms with van der Waals surface area (Å²) >= 11 is 3.61. The van der Waals surface area contributed by atoms with Gasteiger partial charge in [-0.25, -0.2) is 0 Å². The van der Waals surface area contributed by atoms with E-state index in [1.807, 2.05) is 0 Å². The molecular formula is C15H24BrNO. The molecular weight excluding hydrogens is 290 g/mol. The summed E-state index contributed by atoms with van der Waals surface area (Å²) in [7, 11) is 1.77. The number of hydrogen-bond acceptors (Lipinski definition) is 2. The Hall–Kier alpha value is -0.380. The molecule has 0 saturated heterocycles. The first-order valence-electron chi connectivity index (χ1n) is 6.56. The lowest BCUT2D eigenvalue weighted by atomic mass is 10.00. The summed E-state index contributed by atoms with van der Waals surface area (Å²) in [6.07, 6.45) is 1.04. The third kappa shape index (κ3) is 5.98. The zero-order chi connectivity index (χ0) is 13.4. The molecule has 1 atom stereocenters. The van der Waals surface area contributed by atoms with Gasteiger partial charge >= 0.3 is 0 Å². The van der Waals surface area contributed by atoms with Crippen molar-refractivity contribution >= 4 is 15.9 Å². The number of ether oxygens (including phenoxy) is 1. The average molecular weight is 314 g/mol. The molecule has 0 bridgehead atoms. The lowest BCUT2D eigenvalue weighted by molar-refractivity contribution is 0.150. The normalized spacial score (nSPS) is 12.9. The van der Waals surface area contributed by atoms with E-state index in [0.29, 0.717) is 11.8 Å². The molecule has 18 heavy (non-hydrogen) atoms. The molecule has 1 rings (SSSR count). The fourth-order valence-electron chi connectivity index (χ4n) is 1.98. The van der Waals surface area contributed by atoms with E-state index in [2.05, 4.69) is 59.4 Å². The van der Waals surface area contributed by atoms with Crippen molar-refractivity contribution in [2.45, 2.75) is 20.3 Å². The molecule has 0 aliphatic heterocycles. The Kier molecular flexibility index (Phi) is 7.56. The lowest BCUT2D eigenvalue weighted by Crippen LogP contribution is -2.30. The standard InChI is InChI=1S/C15H24BrNO/c1-12(2)9-17-10-13(11-18-3)8-14-6-4-5-7-15(14)16/h4-7,12-13,17H,8-11H2,1-3H3. The quantitative estimate of drug-likeness (QED) is 0.793. The summed E-state index contributed by atoms with van der Waals surface area (Å²) in [5.74, 6) is 1.21. The van der Waals surface area contributed by atoms with Gasteiger partial charge in [-0.15, -0.1) is 0 Å². The van der Waals surface area contributed by atoms with Crippen LogP contribution in [0.25, 0.3) is 0 Å². The van der Waals surface area contributed by atoms with Crippen LogP contribution in [0.2, 0.25) is 0 Å². The molecule has 0 heterocycles. The molecule has 0 fully saturated rings. The second-order valence-corrected chi connectivity index (χ2v) is 6.02. The number of benzene rings is 1. The van der Waals surface area contributed by atoms with Crippen molar-refractivity contribution in [3.63, 3.8) is 0 Å². The Morgan fingerprint density at radius 2 is 1.94 bits per heavy atom. The van der Waals surface area contributed by atoms with Crippen LogP contribution in [0.5, 0.6) is 0 Å². The van der Waals surface area contributed by atoms with Crippen molar-refractivity contribution in [1.82, 2.24) is 5.32 Å². The third-order valence-electron chi connectivity index (χ3n) is 2.85. The van der Waals surface area contributed by atoms with Gasteiger partial charge in [0.25, 0.3) is 0 Å². The van der Waals surface area contributed by atoms with Crippen LogP contribution in [0.4, 0.5) is 0 Å². The van der Waals surface area contributed by atoms with Crippen molar-refractivity contribution in [1.29, 1.82) is 0 Å². The predicted octanol–water partition coefficient (Wildman–Crippen LogP) is 3.50. The highest BCUT2D eigenvalue weighted by Gasteiger charge is 2.11. The minimum Gasteiger partial charge on any atom is -0.384 e. The minimum atomic E-state index is 0.521. The number of methoxy groups -OCH3 is 1. The van der Waals surface area contributed by atoms with Crippen LogP contribution in [-0.2, 0) is 11.2 Å². The molecule has 0 aromatic heterocycles. The smallest absolute Gasteiger partial charge is 0.0505 e. The molecule has 0 radical (unpaired) electrons. The van der Waals surface area contributed by atoms with Crippen molar-refractivity contribution in [3.8, 4) is 0 Å². The minimum absolute atomic E-state index is 0.521. The summed E-state index contributed by atoms with van der Waals surface area (Å²) in [6, 6.07) is 8.41. The molecule has 102 valence electrons. The van der Waals surface area contributed by atoms with Gasteiger partial charge in [-0.2, -0.15) is 0 Å². The van der Waals surface area contributed by atoms with E-state index in [0.717, 1.165) is 26.1 Å². The highest BCUT2D eigenvalue weighted by atomic mass is 79.9. The highest BCUT2D eigenvalue weighted by Crippen LogP contribution is 2.19. The molecule has 2 nitrogen and oxygen atoms in total. The Balaban J connectivity index is 2.49. The van der Waals surface area contributed by atoms with E-state index in [1.165, 1.54) is 10.0 Å². The van der Waals surface area contributed by atoms with E-state index >= 15 is 0 Å². The molecule has 1 unspecified atom stereocenters. The molecule has 1 aromatic carbocycles. The van der Waals surface area contributed by atoms with Crippen molar-refractivity contribution in [3.05, 3.63) is 34.3 Å². The van der Waals surface area contributed by atoms with E-state index < -0.39 is 0 Å².